The summed E-state index contributed by atoms with van der Waals surface area (Å²) in [7, 11) is 0. The zero-order valence-electron chi connectivity index (χ0n) is 13.9. The van der Waals surface area contributed by atoms with Gasteiger partial charge in [-0.2, -0.15) is 5.10 Å². The van der Waals surface area contributed by atoms with Gasteiger partial charge in [0.2, 0.25) is 0 Å². The Morgan fingerprint density at radius 3 is 2.78 bits per heavy atom. The predicted molar refractivity (Wildman–Crippen MR) is 91.1 cm³/mol. The maximum atomic E-state index is 13.2. The minimum absolute atomic E-state index is 0.121. The van der Waals surface area contributed by atoms with Gasteiger partial charge in [-0.15, -0.1) is 0 Å². The van der Waals surface area contributed by atoms with E-state index in [0.717, 1.165) is 49.3 Å². The van der Waals surface area contributed by atoms with E-state index in [9.17, 15) is 4.79 Å². The first-order valence-electron chi connectivity index (χ1n) is 8.68. The van der Waals surface area contributed by atoms with Gasteiger partial charge < -0.3 is 4.90 Å². The first-order valence-corrected chi connectivity index (χ1v) is 8.68. The number of fused-ring (bicyclic) bond motifs is 1. The molecule has 0 radical (unpaired) electrons. The second-order valence-corrected chi connectivity index (χ2v) is 6.70. The molecular formula is C19H23N3O. The molecule has 23 heavy (non-hydrogen) atoms. The molecule has 0 bridgehead atoms. The second kappa shape index (κ2) is 5.52. The first kappa shape index (κ1) is 14.5. The number of aryl methyl sites for hydroxylation is 2. The van der Waals surface area contributed by atoms with Crippen LogP contribution in [0.15, 0.2) is 24.3 Å². The van der Waals surface area contributed by atoms with E-state index >= 15 is 0 Å². The minimum atomic E-state index is 0.121. The van der Waals surface area contributed by atoms with Crippen molar-refractivity contribution in [2.45, 2.75) is 52.0 Å². The maximum absolute atomic E-state index is 13.2. The normalized spacial score (nSPS) is 18.0. The summed E-state index contributed by atoms with van der Waals surface area (Å²) >= 11 is 0. The number of carbonyl (C=O) groups excluding carboxylic acids is 1. The van der Waals surface area contributed by atoms with Crippen LogP contribution in [0.1, 0.15) is 59.5 Å². The van der Waals surface area contributed by atoms with E-state index in [2.05, 4.69) is 26.0 Å². The molecule has 2 heterocycles. The van der Waals surface area contributed by atoms with Gasteiger partial charge in [-0.1, -0.05) is 19.1 Å². The van der Waals surface area contributed by atoms with E-state index in [0.29, 0.717) is 6.04 Å². The average molecular weight is 309 g/mol. The SMILES string of the molecule is CCc1nn(C2CCC2)c2c1CCN(c1cccc(C)c1)C2=O. The van der Waals surface area contributed by atoms with Gasteiger partial charge in [0.05, 0.1) is 11.7 Å². The smallest absolute Gasteiger partial charge is 0.276 e. The minimum Gasteiger partial charge on any atom is -0.307 e. The molecule has 0 unspecified atom stereocenters. The molecule has 1 amide bonds. The van der Waals surface area contributed by atoms with E-state index < -0.39 is 0 Å². The Morgan fingerprint density at radius 1 is 1.30 bits per heavy atom. The van der Waals surface area contributed by atoms with Crippen molar-refractivity contribution in [3.8, 4) is 0 Å². The van der Waals surface area contributed by atoms with Crippen LogP contribution in [0.5, 0.6) is 0 Å². The highest BCUT2D eigenvalue weighted by Gasteiger charge is 2.35. The largest absolute Gasteiger partial charge is 0.307 e. The summed E-state index contributed by atoms with van der Waals surface area (Å²) in [5, 5.41) is 4.80. The number of rotatable bonds is 3. The van der Waals surface area contributed by atoms with Gasteiger partial charge in [0.25, 0.3) is 5.91 Å². The van der Waals surface area contributed by atoms with E-state index in [-0.39, 0.29) is 5.91 Å². The molecule has 0 spiro atoms. The first-order chi connectivity index (χ1) is 11.2. The molecule has 1 aliphatic carbocycles. The van der Waals surface area contributed by atoms with Crippen LogP contribution < -0.4 is 4.90 Å². The van der Waals surface area contributed by atoms with Crippen LogP contribution in [0.4, 0.5) is 5.69 Å². The number of nitrogens with zero attached hydrogens (tertiary/aromatic N) is 3. The van der Waals surface area contributed by atoms with E-state index in [1.807, 2.05) is 21.7 Å². The van der Waals surface area contributed by atoms with Crippen molar-refractivity contribution in [3.63, 3.8) is 0 Å². The highest BCUT2D eigenvalue weighted by Crippen LogP contribution is 2.36. The van der Waals surface area contributed by atoms with Crippen LogP contribution in [0.25, 0.3) is 0 Å². The summed E-state index contributed by atoms with van der Waals surface area (Å²) in [5.41, 5.74) is 5.33. The lowest BCUT2D eigenvalue weighted by molar-refractivity contribution is 0.0962. The molecular weight excluding hydrogens is 286 g/mol. The Morgan fingerprint density at radius 2 is 2.13 bits per heavy atom. The molecule has 1 fully saturated rings. The monoisotopic (exact) mass is 309 g/mol. The molecule has 0 saturated heterocycles. The Balaban J connectivity index is 1.77. The number of aromatic nitrogens is 2. The number of anilines is 1. The van der Waals surface area contributed by atoms with Crippen molar-refractivity contribution in [1.29, 1.82) is 0 Å². The summed E-state index contributed by atoms with van der Waals surface area (Å²) in [6.45, 7) is 4.95. The molecule has 1 aliphatic heterocycles. The molecule has 4 rings (SSSR count). The fourth-order valence-corrected chi connectivity index (χ4v) is 3.68. The van der Waals surface area contributed by atoms with Crippen molar-refractivity contribution in [2.24, 2.45) is 0 Å². The van der Waals surface area contributed by atoms with Gasteiger partial charge in [0.15, 0.2) is 0 Å². The number of benzene rings is 1. The lowest BCUT2D eigenvalue weighted by Gasteiger charge is -2.32. The van der Waals surface area contributed by atoms with E-state index in [4.69, 9.17) is 5.10 Å². The molecule has 1 aromatic carbocycles. The quantitative estimate of drug-likeness (QED) is 0.867. The van der Waals surface area contributed by atoms with Gasteiger partial charge >= 0.3 is 0 Å². The van der Waals surface area contributed by atoms with Crippen molar-refractivity contribution in [1.82, 2.24) is 9.78 Å². The Labute approximate surface area is 137 Å². The lowest BCUT2D eigenvalue weighted by Crippen LogP contribution is -2.40. The van der Waals surface area contributed by atoms with E-state index in [1.54, 1.807) is 0 Å². The molecule has 0 N–H and O–H groups in total. The standard InChI is InChI=1S/C19H23N3O/c1-3-17-16-10-11-21(15-9-4-6-13(2)12-15)19(23)18(16)22(20-17)14-7-5-8-14/h4,6,9,12,14H,3,5,7-8,10-11H2,1-2H3. The van der Waals surface area contributed by atoms with Gasteiger partial charge in [0, 0.05) is 17.8 Å². The average Bonchev–Trinajstić information content (AvgIpc) is 2.85. The molecule has 2 aliphatic rings. The zero-order valence-corrected chi connectivity index (χ0v) is 13.9. The zero-order chi connectivity index (χ0) is 16.0. The van der Waals surface area contributed by atoms with Crippen molar-refractivity contribution in [2.75, 3.05) is 11.4 Å². The summed E-state index contributed by atoms with van der Waals surface area (Å²) < 4.78 is 2.04. The predicted octanol–water partition coefficient (Wildman–Crippen LogP) is 3.68. The molecule has 1 aromatic heterocycles. The lowest BCUT2D eigenvalue weighted by atomic mass is 9.92. The fraction of sp³-hybridized carbons (Fsp3) is 0.474. The molecule has 2 aromatic rings. The number of amides is 1. The Kier molecular flexibility index (Phi) is 3.47. The van der Waals surface area contributed by atoms with Gasteiger partial charge in [-0.25, -0.2) is 0 Å². The maximum Gasteiger partial charge on any atom is 0.276 e. The number of carbonyl (C=O) groups is 1. The number of hydrogen-bond acceptors (Lipinski definition) is 2. The van der Waals surface area contributed by atoms with Crippen molar-refractivity contribution in [3.05, 3.63) is 46.8 Å². The van der Waals surface area contributed by atoms with Crippen LogP contribution in [-0.4, -0.2) is 22.2 Å². The molecule has 120 valence electrons. The molecule has 0 atom stereocenters. The summed E-state index contributed by atoms with van der Waals surface area (Å²) in [4.78, 5) is 15.1. The van der Waals surface area contributed by atoms with E-state index in [1.165, 1.54) is 17.5 Å². The highest BCUT2D eigenvalue weighted by atomic mass is 16.2. The highest BCUT2D eigenvalue weighted by molar-refractivity contribution is 6.07. The van der Waals surface area contributed by atoms with Gasteiger partial charge in [-0.3, -0.25) is 9.48 Å². The molecule has 1 saturated carbocycles. The van der Waals surface area contributed by atoms with Crippen LogP contribution >= 0.6 is 0 Å². The fourth-order valence-electron chi connectivity index (χ4n) is 3.68. The van der Waals surface area contributed by atoms with Crippen LogP contribution in [-0.2, 0) is 12.8 Å². The van der Waals surface area contributed by atoms with Gasteiger partial charge in [-0.05, 0) is 56.7 Å². The van der Waals surface area contributed by atoms with Crippen LogP contribution in [0.2, 0.25) is 0 Å². The Hall–Kier alpha value is -2.10. The third-order valence-electron chi connectivity index (χ3n) is 5.19. The third-order valence-corrected chi connectivity index (χ3v) is 5.19. The van der Waals surface area contributed by atoms with Crippen molar-refractivity contribution < 1.29 is 4.79 Å². The number of hydrogen-bond donors (Lipinski definition) is 0. The Bertz CT molecular complexity index is 758. The van der Waals surface area contributed by atoms with Gasteiger partial charge in [0.1, 0.15) is 5.69 Å². The third kappa shape index (κ3) is 2.28. The second-order valence-electron chi connectivity index (χ2n) is 6.70. The molecule has 4 heteroatoms. The molecule has 4 nitrogen and oxygen atoms in total. The summed E-state index contributed by atoms with van der Waals surface area (Å²) in [5.74, 6) is 0.121. The van der Waals surface area contributed by atoms with Crippen LogP contribution in [0, 0.1) is 6.92 Å². The van der Waals surface area contributed by atoms with Crippen molar-refractivity contribution >= 4 is 11.6 Å². The summed E-state index contributed by atoms with van der Waals surface area (Å²) in [6, 6.07) is 8.63. The van der Waals surface area contributed by atoms with Crippen LogP contribution in [0.3, 0.4) is 0 Å². The topological polar surface area (TPSA) is 38.1 Å². The summed E-state index contributed by atoms with van der Waals surface area (Å²) in [6.07, 6.45) is 5.35.